The van der Waals surface area contributed by atoms with Crippen molar-refractivity contribution in [2.24, 2.45) is 11.3 Å². The predicted octanol–water partition coefficient (Wildman–Crippen LogP) is 2.01. The Bertz CT molecular complexity index is 164. The van der Waals surface area contributed by atoms with E-state index in [1.807, 2.05) is 0 Å². The van der Waals surface area contributed by atoms with E-state index in [4.69, 9.17) is 0 Å². The fraction of sp³-hybridized carbons (Fsp3) is 1.00. The molecule has 0 aromatic rings. The fourth-order valence-electron chi connectivity index (χ4n) is 1.81. The van der Waals surface area contributed by atoms with Gasteiger partial charge in [-0.15, -0.1) is 0 Å². The van der Waals surface area contributed by atoms with Crippen LogP contribution in [0.15, 0.2) is 0 Å². The molecule has 1 fully saturated rings. The van der Waals surface area contributed by atoms with Crippen LogP contribution in [0.4, 0.5) is 0 Å². The third kappa shape index (κ3) is 4.43. The zero-order valence-corrected chi connectivity index (χ0v) is 10.2. The Hall–Kier alpha value is -0.0800. The van der Waals surface area contributed by atoms with Crippen LogP contribution in [0.1, 0.15) is 40.5 Å². The molecule has 1 saturated carbocycles. The van der Waals surface area contributed by atoms with Gasteiger partial charge in [0.05, 0.1) is 0 Å². The van der Waals surface area contributed by atoms with Gasteiger partial charge in [0.1, 0.15) is 0 Å². The molecule has 1 aliphatic rings. The Balaban J connectivity index is 1.82. The Morgan fingerprint density at radius 1 is 1.29 bits per heavy atom. The van der Waals surface area contributed by atoms with Crippen molar-refractivity contribution < 1.29 is 0 Å². The summed E-state index contributed by atoms with van der Waals surface area (Å²) in [6.45, 7) is 12.6. The maximum atomic E-state index is 3.54. The predicted molar refractivity (Wildman–Crippen MR) is 62.5 cm³/mol. The topological polar surface area (TPSA) is 24.1 Å². The maximum Gasteiger partial charge on any atom is 0.00103 e. The average Bonchev–Trinajstić information content (AvgIpc) is 2.66. The summed E-state index contributed by atoms with van der Waals surface area (Å²) in [6.07, 6.45) is 2.65. The minimum absolute atomic E-state index is 0.623. The lowest BCUT2D eigenvalue weighted by Crippen LogP contribution is -2.27. The van der Waals surface area contributed by atoms with E-state index >= 15 is 0 Å². The van der Waals surface area contributed by atoms with Crippen molar-refractivity contribution in [3.05, 3.63) is 0 Å². The van der Waals surface area contributed by atoms with Gasteiger partial charge >= 0.3 is 0 Å². The van der Waals surface area contributed by atoms with Crippen LogP contribution in [-0.4, -0.2) is 25.7 Å². The molecular weight excluding hydrogens is 172 g/mol. The highest BCUT2D eigenvalue weighted by Gasteiger charge is 2.44. The minimum Gasteiger partial charge on any atom is -0.316 e. The lowest BCUT2D eigenvalue weighted by atomic mass is 10.1. The summed E-state index contributed by atoms with van der Waals surface area (Å²) >= 11 is 0. The van der Waals surface area contributed by atoms with Gasteiger partial charge in [0, 0.05) is 6.04 Å². The molecule has 84 valence electrons. The summed E-state index contributed by atoms with van der Waals surface area (Å²) < 4.78 is 0. The Labute approximate surface area is 88.8 Å². The first-order valence-electron chi connectivity index (χ1n) is 5.96. The SMILES string of the molecule is CC(C)NCCCNCC1CC1(C)C. The minimum atomic E-state index is 0.623. The van der Waals surface area contributed by atoms with Gasteiger partial charge in [0.25, 0.3) is 0 Å². The van der Waals surface area contributed by atoms with Crippen molar-refractivity contribution in [1.29, 1.82) is 0 Å². The molecule has 1 rings (SSSR count). The van der Waals surface area contributed by atoms with Gasteiger partial charge in [0.2, 0.25) is 0 Å². The van der Waals surface area contributed by atoms with Crippen molar-refractivity contribution in [1.82, 2.24) is 10.6 Å². The lowest BCUT2D eigenvalue weighted by Gasteiger charge is -2.09. The van der Waals surface area contributed by atoms with E-state index < -0.39 is 0 Å². The fourth-order valence-corrected chi connectivity index (χ4v) is 1.81. The zero-order valence-electron chi connectivity index (χ0n) is 10.2. The molecule has 1 aliphatic carbocycles. The molecule has 2 N–H and O–H groups in total. The van der Waals surface area contributed by atoms with Crippen molar-refractivity contribution in [2.45, 2.75) is 46.6 Å². The van der Waals surface area contributed by atoms with Gasteiger partial charge in [0.15, 0.2) is 0 Å². The summed E-state index contributed by atoms with van der Waals surface area (Å²) in [5.74, 6) is 0.931. The quantitative estimate of drug-likeness (QED) is 0.612. The highest BCUT2D eigenvalue weighted by Crippen LogP contribution is 2.50. The van der Waals surface area contributed by atoms with Gasteiger partial charge in [-0.25, -0.2) is 0 Å². The van der Waals surface area contributed by atoms with Crippen LogP contribution in [0, 0.1) is 11.3 Å². The molecule has 0 bridgehead atoms. The molecule has 0 saturated heterocycles. The molecule has 0 radical (unpaired) electrons. The highest BCUT2D eigenvalue weighted by molar-refractivity contribution is 4.95. The summed E-state index contributed by atoms with van der Waals surface area (Å²) in [7, 11) is 0. The second-order valence-corrected chi connectivity index (χ2v) is 5.56. The number of hydrogen-bond acceptors (Lipinski definition) is 2. The summed E-state index contributed by atoms with van der Waals surface area (Å²) in [5, 5.41) is 6.96. The van der Waals surface area contributed by atoms with Crippen molar-refractivity contribution in [3.63, 3.8) is 0 Å². The third-order valence-corrected chi connectivity index (χ3v) is 3.19. The molecule has 2 nitrogen and oxygen atoms in total. The standard InChI is InChI=1S/C12H26N2/c1-10(2)14-7-5-6-13-9-11-8-12(11,3)4/h10-11,13-14H,5-9H2,1-4H3. The van der Waals surface area contributed by atoms with Crippen LogP contribution in [0.3, 0.4) is 0 Å². The van der Waals surface area contributed by atoms with Crippen molar-refractivity contribution in [2.75, 3.05) is 19.6 Å². The normalized spacial score (nSPS) is 24.2. The molecule has 14 heavy (non-hydrogen) atoms. The molecule has 0 heterocycles. The molecule has 1 unspecified atom stereocenters. The second-order valence-electron chi connectivity index (χ2n) is 5.56. The third-order valence-electron chi connectivity index (χ3n) is 3.19. The molecular formula is C12H26N2. The molecule has 1 atom stereocenters. The first-order valence-corrected chi connectivity index (χ1v) is 5.96. The first-order chi connectivity index (χ1) is 6.52. The van der Waals surface area contributed by atoms with Crippen molar-refractivity contribution in [3.8, 4) is 0 Å². The largest absolute Gasteiger partial charge is 0.316 e. The van der Waals surface area contributed by atoms with Gasteiger partial charge in [-0.05, 0) is 43.8 Å². The maximum absolute atomic E-state index is 3.54. The van der Waals surface area contributed by atoms with E-state index in [0.717, 1.165) is 19.0 Å². The number of rotatable bonds is 7. The van der Waals surface area contributed by atoms with Gasteiger partial charge < -0.3 is 10.6 Å². The average molecular weight is 198 g/mol. The number of nitrogens with one attached hydrogen (secondary N) is 2. The van der Waals surface area contributed by atoms with Crippen LogP contribution in [0.2, 0.25) is 0 Å². The van der Waals surface area contributed by atoms with Crippen LogP contribution in [-0.2, 0) is 0 Å². The van der Waals surface area contributed by atoms with Crippen LogP contribution in [0.5, 0.6) is 0 Å². The summed E-state index contributed by atoms with van der Waals surface area (Å²) in [5.41, 5.74) is 0.628. The molecule has 0 aliphatic heterocycles. The molecule has 0 spiro atoms. The van der Waals surface area contributed by atoms with E-state index in [9.17, 15) is 0 Å². The Kier molecular flexibility index (Phi) is 4.39. The van der Waals surface area contributed by atoms with Crippen molar-refractivity contribution >= 4 is 0 Å². The van der Waals surface area contributed by atoms with Gasteiger partial charge in [-0.3, -0.25) is 0 Å². The van der Waals surface area contributed by atoms with Gasteiger partial charge in [-0.2, -0.15) is 0 Å². The highest BCUT2D eigenvalue weighted by atomic mass is 14.9. The lowest BCUT2D eigenvalue weighted by molar-refractivity contribution is 0.502. The van der Waals surface area contributed by atoms with E-state index in [1.165, 1.54) is 19.4 Å². The Morgan fingerprint density at radius 2 is 1.93 bits per heavy atom. The molecule has 0 aromatic carbocycles. The first kappa shape index (κ1) is 12.0. The Morgan fingerprint density at radius 3 is 2.43 bits per heavy atom. The molecule has 0 amide bonds. The van der Waals surface area contributed by atoms with Crippen LogP contribution < -0.4 is 10.6 Å². The van der Waals surface area contributed by atoms with E-state index in [2.05, 4.69) is 38.3 Å². The number of hydrogen-bond donors (Lipinski definition) is 2. The van der Waals surface area contributed by atoms with Crippen LogP contribution >= 0.6 is 0 Å². The van der Waals surface area contributed by atoms with Crippen LogP contribution in [0.25, 0.3) is 0 Å². The second kappa shape index (κ2) is 5.13. The van der Waals surface area contributed by atoms with E-state index in [-0.39, 0.29) is 0 Å². The van der Waals surface area contributed by atoms with Gasteiger partial charge in [-0.1, -0.05) is 27.7 Å². The summed E-state index contributed by atoms with van der Waals surface area (Å²) in [6, 6.07) is 0.623. The smallest absolute Gasteiger partial charge is 0.00103 e. The monoisotopic (exact) mass is 198 g/mol. The molecule has 2 heteroatoms. The molecule has 0 aromatic heterocycles. The zero-order chi connectivity index (χ0) is 10.6. The van der Waals surface area contributed by atoms with E-state index in [1.54, 1.807) is 0 Å². The summed E-state index contributed by atoms with van der Waals surface area (Å²) in [4.78, 5) is 0. The van der Waals surface area contributed by atoms with E-state index in [0.29, 0.717) is 11.5 Å².